The number of halogens is 3. The lowest BCUT2D eigenvalue weighted by Gasteiger charge is -2.45. The molecule has 0 unspecified atom stereocenters. The van der Waals surface area contributed by atoms with Crippen molar-refractivity contribution in [3.05, 3.63) is 98.8 Å². The number of fused-ring (bicyclic) bond motifs is 2. The maximum Gasteiger partial charge on any atom is 0.238 e. The van der Waals surface area contributed by atoms with Crippen LogP contribution in [0, 0.1) is 12.7 Å². The SMILES string of the molecule is Cc1ccc(F)cc1[C@@H]1N=C(NCCN)C[C@H](c2cccc(Cl)c2)[C@@]12C(=O)Nc1cc(Cl)ccc12. The fraction of sp³-hybridized carbons (Fsp3) is 0.259. The van der Waals surface area contributed by atoms with Gasteiger partial charge in [0.25, 0.3) is 0 Å². The lowest BCUT2D eigenvalue weighted by atomic mass is 9.59. The molecule has 5 rings (SSSR count). The number of nitrogens with one attached hydrogen (secondary N) is 2. The standard InChI is InChI=1S/C27H25Cl2FN4O/c1-15-5-7-19(30)13-20(15)25-27(21-8-6-18(29)12-23(21)33-26(27)35)22(14-24(34-25)32-10-9-31)16-3-2-4-17(28)11-16/h2-8,11-13,22,25H,9-10,14,31H2,1H3,(H,32,34)(H,33,35)/t22-,25+,27-/m1/s1. The Balaban J connectivity index is 1.83. The number of carbonyl (C=O) groups excluding carboxylic acids is 1. The van der Waals surface area contributed by atoms with Gasteiger partial charge in [0.2, 0.25) is 5.91 Å². The van der Waals surface area contributed by atoms with Gasteiger partial charge in [0.1, 0.15) is 11.2 Å². The van der Waals surface area contributed by atoms with E-state index in [1.807, 2.05) is 31.2 Å². The third-order valence-electron chi connectivity index (χ3n) is 6.97. The Kier molecular flexibility index (Phi) is 6.30. The van der Waals surface area contributed by atoms with Crippen LogP contribution in [-0.4, -0.2) is 24.8 Å². The van der Waals surface area contributed by atoms with Crippen molar-refractivity contribution in [2.45, 2.75) is 30.7 Å². The summed E-state index contributed by atoms with van der Waals surface area (Å²) >= 11 is 12.7. The van der Waals surface area contributed by atoms with Gasteiger partial charge < -0.3 is 16.4 Å². The van der Waals surface area contributed by atoms with Crippen LogP contribution < -0.4 is 16.4 Å². The summed E-state index contributed by atoms with van der Waals surface area (Å²) in [6.45, 7) is 2.86. The van der Waals surface area contributed by atoms with Gasteiger partial charge in [-0.25, -0.2) is 4.39 Å². The first-order valence-corrected chi connectivity index (χ1v) is 12.2. The molecule has 0 saturated heterocycles. The van der Waals surface area contributed by atoms with E-state index in [2.05, 4.69) is 10.6 Å². The summed E-state index contributed by atoms with van der Waals surface area (Å²) in [5.41, 5.74) is 8.44. The predicted octanol–water partition coefficient (Wildman–Crippen LogP) is 5.51. The van der Waals surface area contributed by atoms with E-state index in [0.717, 1.165) is 22.5 Å². The van der Waals surface area contributed by atoms with Gasteiger partial charge in [0, 0.05) is 41.2 Å². The van der Waals surface area contributed by atoms with Crippen molar-refractivity contribution in [2.24, 2.45) is 10.7 Å². The number of hydrogen-bond acceptors (Lipinski definition) is 4. The van der Waals surface area contributed by atoms with Gasteiger partial charge in [-0.1, -0.05) is 47.5 Å². The number of rotatable bonds is 4. The van der Waals surface area contributed by atoms with Crippen LogP contribution in [0.4, 0.5) is 10.1 Å². The van der Waals surface area contributed by atoms with Gasteiger partial charge in [0.05, 0.1) is 11.9 Å². The van der Waals surface area contributed by atoms with Crippen LogP contribution >= 0.6 is 23.2 Å². The van der Waals surface area contributed by atoms with Crippen LogP contribution in [0.1, 0.15) is 40.6 Å². The molecule has 2 aliphatic rings. The maximum absolute atomic E-state index is 14.6. The van der Waals surface area contributed by atoms with E-state index >= 15 is 0 Å². The highest BCUT2D eigenvalue weighted by molar-refractivity contribution is 6.31. The van der Waals surface area contributed by atoms with Crippen LogP contribution in [-0.2, 0) is 10.2 Å². The fourth-order valence-electron chi connectivity index (χ4n) is 5.46. The molecule has 2 heterocycles. The molecule has 1 spiro atoms. The molecule has 0 radical (unpaired) electrons. The molecule has 2 aliphatic heterocycles. The number of hydrogen-bond donors (Lipinski definition) is 3. The number of aryl methyl sites for hydroxylation is 1. The molecular formula is C27H25Cl2FN4O. The van der Waals surface area contributed by atoms with E-state index in [1.165, 1.54) is 12.1 Å². The van der Waals surface area contributed by atoms with Crippen molar-refractivity contribution in [1.29, 1.82) is 0 Å². The summed E-state index contributed by atoms with van der Waals surface area (Å²) in [7, 11) is 0. The second kappa shape index (κ2) is 9.26. The molecule has 0 aromatic heterocycles. The monoisotopic (exact) mass is 510 g/mol. The quantitative estimate of drug-likeness (QED) is 0.433. The Bertz CT molecular complexity index is 1340. The summed E-state index contributed by atoms with van der Waals surface area (Å²) in [5, 5.41) is 7.46. The largest absolute Gasteiger partial charge is 0.373 e. The number of benzene rings is 3. The molecule has 4 N–H and O–H groups in total. The molecule has 0 saturated carbocycles. The number of aliphatic imine (C=N–C) groups is 1. The third kappa shape index (κ3) is 3.99. The molecule has 1 amide bonds. The van der Waals surface area contributed by atoms with Gasteiger partial charge >= 0.3 is 0 Å². The molecule has 8 heteroatoms. The van der Waals surface area contributed by atoms with Gasteiger partial charge in [-0.15, -0.1) is 0 Å². The third-order valence-corrected chi connectivity index (χ3v) is 7.45. The lowest BCUT2D eigenvalue weighted by molar-refractivity contribution is -0.122. The normalized spacial score (nSPS) is 23.1. The van der Waals surface area contributed by atoms with Crippen LogP contribution in [0.5, 0.6) is 0 Å². The highest BCUT2D eigenvalue weighted by Crippen LogP contribution is 2.59. The molecule has 0 bridgehead atoms. The minimum absolute atomic E-state index is 0.199. The molecule has 5 nitrogen and oxygen atoms in total. The minimum atomic E-state index is -1.14. The average Bonchev–Trinajstić information content (AvgIpc) is 3.11. The first kappa shape index (κ1) is 23.8. The Labute approximate surface area is 213 Å². The zero-order valence-electron chi connectivity index (χ0n) is 19.1. The van der Waals surface area contributed by atoms with E-state index in [0.29, 0.717) is 40.8 Å². The fourth-order valence-corrected chi connectivity index (χ4v) is 5.83. The van der Waals surface area contributed by atoms with E-state index in [9.17, 15) is 9.18 Å². The van der Waals surface area contributed by atoms with E-state index in [-0.39, 0.29) is 17.6 Å². The zero-order valence-corrected chi connectivity index (χ0v) is 20.6. The number of carbonyl (C=O) groups is 1. The molecule has 0 aliphatic carbocycles. The summed E-state index contributed by atoms with van der Waals surface area (Å²) in [5.74, 6) is -0.203. The smallest absolute Gasteiger partial charge is 0.238 e. The second-order valence-electron chi connectivity index (χ2n) is 9.02. The topological polar surface area (TPSA) is 79.5 Å². The predicted molar refractivity (Wildman–Crippen MR) is 139 cm³/mol. The number of amidine groups is 1. The molecule has 180 valence electrons. The van der Waals surface area contributed by atoms with Crippen molar-refractivity contribution in [3.8, 4) is 0 Å². The van der Waals surface area contributed by atoms with Gasteiger partial charge in [-0.2, -0.15) is 0 Å². The Morgan fingerprint density at radius 3 is 2.71 bits per heavy atom. The van der Waals surface area contributed by atoms with Crippen molar-refractivity contribution in [2.75, 3.05) is 18.4 Å². The minimum Gasteiger partial charge on any atom is -0.373 e. The Morgan fingerprint density at radius 2 is 1.94 bits per heavy atom. The maximum atomic E-state index is 14.6. The van der Waals surface area contributed by atoms with Crippen LogP contribution in [0.3, 0.4) is 0 Å². The highest BCUT2D eigenvalue weighted by Gasteiger charge is 2.60. The summed E-state index contributed by atoms with van der Waals surface area (Å²) in [6.07, 6.45) is 0.459. The lowest BCUT2D eigenvalue weighted by Crippen LogP contribution is -2.50. The Hall–Kier alpha value is -2.93. The van der Waals surface area contributed by atoms with Gasteiger partial charge in [0.15, 0.2) is 0 Å². The molecule has 35 heavy (non-hydrogen) atoms. The van der Waals surface area contributed by atoms with E-state index < -0.39 is 11.5 Å². The molecule has 3 aromatic carbocycles. The van der Waals surface area contributed by atoms with Crippen LogP contribution in [0.15, 0.2) is 65.7 Å². The zero-order chi connectivity index (χ0) is 24.7. The van der Waals surface area contributed by atoms with Gasteiger partial charge in [-0.3, -0.25) is 9.79 Å². The molecular weight excluding hydrogens is 486 g/mol. The number of nitrogens with two attached hydrogens (primary N) is 1. The molecule has 3 atom stereocenters. The second-order valence-corrected chi connectivity index (χ2v) is 9.89. The first-order chi connectivity index (χ1) is 16.8. The number of nitrogens with zero attached hydrogens (tertiary/aromatic N) is 1. The number of anilines is 1. The highest BCUT2D eigenvalue weighted by atomic mass is 35.5. The van der Waals surface area contributed by atoms with E-state index in [4.69, 9.17) is 33.9 Å². The Morgan fingerprint density at radius 1 is 1.14 bits per heavy atom. The van der Waals surface area contributed by atoms with Crippen LogP contribution in [0.2, 0.25) is 10.0 Å². The first-order valence-electron chi connectivity index (χ1n) is 11.5. The summed E-state index contributed by atoms with van der Waals surface area (Å²) in [4.78, 5) is 19.2. The average molecular weight is 511 g/mol. The van der Waals surface area contributed by atoms with E-state index in [1.54, 1.807) is 24.3 Å². The number of amides is 1. The molecule has 0 fully saturated rings. The van der Waals surface area contributed by atoms with Crippen molar-refractivity contribution in [1.82, 2.24) is 5.32 Å². The van der Waals surface area contributed by atoms with Crippen molar-refractivity contribution < 1.29 is 9.18 Å². The van der Waals surface area contributed by atoms with Gasteiger partial charge in [-0.05, 0) is 65.6 Å². The summed E-state index contributed by atoms with van der Waals surface area (Å²) < 4.78 is 14.6. The van der Waals surface area contributed by atoms with Crippen LogP contribution in [0.25, 0.3) is 0 Å². The molecule has 3 aromatic rings. The van der Waals surface area contributed by atoms with Crippen molar-refractivity contribution in [3.63, 3.8) is 0 Å². The summed E-state index contributed by atoms with van der Waals surface area (Å²) in [6, 6.07) is 16.9. The van der Waals surface area contributed by atoms with Crippen molar-refractivity contribution >= 4 is 40.6 Å².